The first-order chi connectivity index (χ1) is 7.76. The van der Waals surface area contributed by atoms with Gasteiger partial charge in [-0.15, -0.1) is 0 Å². The van der Waals surface area contributed by atoms with Crippen molar-refractivity contribution in [3.05, 3.63) is 16.4 Å². The van der Waals surface area contributed by atoms with E-state index in [0.29, 0.717) is 0 Å². The zero-order valence-electron chi connectivity index (χ0n) is 9.77. The van der Waals surface area contributed by atoms with E-state index in [1.54, 1.807) is 22.4 Å². The molecule has 0 atom stereocenters. The van der Waals surface area contributed by atoms with Gasteiger partial charge in [0, 0.05) is 31.5 Å². The number of rotatable bonds is 3. The summed E-state index contributed by atoms with van der Waals surface area (Å²) < 4.78 is 1.78. The lowest BCUT2D eigenvalue weighted by atomic mass is 10.4. The van der Waals surface area contributed by atoms with Crippen LogP contribution in [0.25, 0.3) is 0 Å². The molecule has 4 nitrogen and oxygen atoms in total. The molecule has 0 saturated carbocycles. The Morgan fingerprint density at radius 1 is 1.50 bits per heavy atom. The molecule has 1 aromatic rings. The Bertz CT molecular complexity index is 426. The standard InChI is InChI=1S/C11H17N3OS/c1-3-13(4-2)9-8-10(15)14-6-5-7-16-11(14)12-9/h8H,3-7H2,1-2H3. The maximum atomic E-state index is 11.9. The van der Waals surface area contributed by atoms with E-state index < -0.39 is 0 Å². The van der Waals surface area contributed by atoms with Gasteiger partial charge < -0.3 is 4.90 Å². The minimum Gasteiger partial charge on any atom is -0.357 e. The molecule has 0 N–H and O–H groups in total. The smallest absolute Gasteiger partial charge is 0.256 e. The molecule has 2 heterocycles. The second-order valence-electron chi connectivity index (χ2n) is 3.76. The molecule has 88 valence electrons. The van der Waals surface area contributed by atoms with Gasteiger partial charge in [0.15, 0.2) is 5.16 Å². The summed E-state index contributed by atoms with van der Waals surface area (Å²) in [5.74, 6) is 1.88. The van der Waals surface area contributed by atoms with E-state index in [0.717, 1.165) is 42.8 Å². The summed E-state index contributed by atoms with van der Waals surface area (Å²) in [4.78, 5) is 18.6. The van der Waals surface area contributed by atoms with E-state index in [-0.39, 0.29) is 5.56 Å². The molecule has 0 aliphatic carbocycles. The monoisotopic (exact) mass is 239 g/mol. The van der Waals surface area contributed by atoms with Crippen molar-refractivity contribution in [2.75, 3.05) is 23.7 Å². The summed E-state index contributed by atoms with van der Waals surface area (Å²) in [5, 5.41) is 0.876. The molecule has 0 amide bonds. The summed E-state index contributed by atoms with van der Waals surface area (Å²) in [6.07, 6.45) is 1.06. The zero-order chi connectivity index (χ0) is 11.5. The molecule has 1 aliphatic heterocycles. The van der Waals surface area contributed by atoms with Crippen LogP contribution in [-0.4, -0.2) is 28.4 Å². The van der Waals surface area contributed by atoms with Gasteiger partial charge in [0.2, 0.25) is 0 Å². The molecular weight excluding hydrogens is 222 g/mol. The summed E-state index contributed by atoms with van der Waals surface area (Å²) in [6.45, 7) is 6.74. The fraction of sp³-hybridized carbons (Fsp3) is 0.636. The SMILES string of the molecule is CCN(CC)c1cc(=O)n2c(n1)SCCC2. The van der Waals surface area contributed by atoms with Crippen molar-refractivity contribution in [2.45, 2.75) is 32.0 Å². The molecule has 0 fully saturated rings. The molecule has 1 aromatic heterocycles. The number of aromatic nitrogens is 2. The van der Waals surface area contributed by atoms with Gasteiger partial charge in [0.25, 0.3) is 5.56 Å². The fourth-order valence-corrected chi connectivity index (χ4v) is 2.84. The summed E-state index contributed by atoms with van der Waals surface area (Å²) in [5.41, 5.74) is 0.0825. The van der Waals surface area contributed by atoms with Gasteiger partial charge in [-0.2, -0.15) is 0 Å². The minimum atomic E-state index is 0.0825. The second-order valence-corrected chi connectivity index (χ2v) is 4.82. The highest BCUT2D eigenvalue weighted by Gasteiger charge is 2.15. The van der Waals surface area contributed by atoms with E-state index in [1.807, 2.05) is 0 Å². The van der Waals surface area contributed by atoms with Crippen molar-refractivity contribution in [1.29, 1.82) is 0 Å². The van der Waals surface area contributed by atoms with Gasteiger partial charge in [0.05, 0.1) is 0 Å². The molecule has 2 rings (SSSR count). The Morgan fingerprint density at radius 3 is 2.94 bits per heavy atom. The largest absolute Gasteiger partial charge is 0.357 e. The van der Waals surface area contributed by atoms with Crippen molar-refractivity contribution in [3.63, 3.8) is 0 Å². The van der Waals surface area contributed by atoms with Crippen LogP contribution in [0.4, 0.5) is 5.82 Å². The van der Waals surface area contributed by atoms with Crippen LogP contribution in [0.1, 0.15) is 20.3 Å². The van der Waals surface area contributed by atoms with Crippen LogP contribution in [0.3, 0.4) is 0 Å². The lowest BCUT2D eigenvalue weighted by Crippen LogP contribution is -2.30. The molecule has 0 spiro atoms. The van der Waals surface area contributed by atoms with Crippen LogP contribution >= 0.6 is 11.8 Å². The minimum absolute atomic E-state index is 0.0825. The highest BCUT2D eigenvalue weighted by Crippen LogP contribution is 2.22. The van der Waals surface area contributed by atoms with Gasteiger partial charge in [-0.25, -0.2) is 4.98 Å². The first-order valence-corrected chi connectivity index (χ1v) is 6.74. The number of hydrogen-bond donors (Lipinski definition) is 0. The maximum Gasteiger partial charge on any atom is 0.256 e. The third-order valence-corrected chi connectivity index (χ3v) is 3.87. The third kappa shape index (κ3) is 2.09. The fourth-order valence-electron chi connectivity index (χ4n) is 1.88. The number of nitrogens with zero attached hydrogens (tertiary/aromatic N) is 3. The number of thioether (sulfide) groups is 1. The number of fused-ring (bicyclic) bond motifs is 1. The zero-order valence-corrected chi connectivity index (χ0v) is 10.6. The molecule has 0 radical (unpaired) electrons. The average molecular weight is 239 g/mol. The van der Waals surface area contributed by atoms with Gasteiger partial charge in [0.1, 0.15) is 5.82 Å². The molecule has 0 bridgehead atoms. The highest BCUT2D eigenvalue weighted by molar-refractivity contribution is 7.99. The van der Waals surface area contributed by atoms with Crippen LogP contribution in [0.15, 0.2) is 16.0 Å². The predicted molar refractivity (Wildman–Crippen MR) is 67.4 cm³/mol. The van der Waals surface area contributed by atoms with E-state index in [2.05, 4.69) is 23.7 Å². The van der Waals surface area contributed by atoms with Crippen LogP contribution in [0.5, 0.6) is 0 Å². The summed E-state index contributed by atoms with van der Waals surface area (Å²) in [6, 6.07) is 1.66. The Balaban J connectivity index is 2.42. The Labute approximate surface area is 99.7 Å². The first kappa shape index (κ1) is 11.5. The van der Waals surface area contributed by atoms with Crippen LogP contribution in [0.2, 0.25) is 0 Å². The number of hydrogen-bond acceptors (Lipinski definition) is 4. The van der Waals surface area contributed by atoms with Gasteiger partial charge in [-0.3, -0.25) is 9.36 Å². The van der Waals surface area contributed by atoms with Gasteiger partial charge >= 0.3 is 0 Å². The van der Waals surface area contributed by atoms with Crippen molar-refractivity contribution in [1.82, 2.24) is 9.55 Å². The molecule has 5 heteroatoms. The molecule has 0 unspecified atom stereocenters. The lowest BCUT2D eigenvalue weighted by Gasteiger charge is -2.23. The van der Waals surface area contributed by atoms with Crippen LogP contribution in [-0.2, 0) is 6.54 Å². The topological polar surface area (TPSA) is 38.1 Å². The third-order valence-electron chi connectivity index (χ3n) is 2.80. The molecule has 16 heavy (non-hydrogen) atoms. The first-order valence-electron chi connectivity index (χ1n) is 5.76. The van der Waals surface area contributed by atoms with E-state index in [1.165, 1.54) is 0 Å². The van der Waals surface area contributed by atoms with Crippen molar-refractivity contribution < 1.29 is 0 Å². The van der Waals surface area contributed by atoms with Crippen molar-refractivity contribution >= 4 is 17.6 Å². The Kier molecular flexibility index (Phi) is 3.53. The van der Waals surface area contributed by atoms with Crippen LogP contribution < -0.4 is 10.5 Å². The second kappa shape index (κ2) is 4.91. The Morgan fingerprint density at radius 2 is 2.25 bits per heavy atom. The number of anilines is 1. The summed E-state index contributed by atoms with van der Waals surface area (Å²) >= 11 is 1.68. The molecule has 0 aromatic carbocycles. The van der Waals surface area contributed by atoms with Crippen LogP contribution in [0, 0.1) is 0 Å². The molecule has 1 aliphatic rings. The maximum absolute atomic E-state index is 11.9. The molecule has 0 saturated heterocycles. The average Bonchev–Trinajstić information content (AvgIpc) is 2.31. The normalized spacial score (nSPS) is 14.6. The van der Waals surface area contributed by atoms with E-state index >= 15 is 0 Å². The Hall–Kier alpha value is -0.970. The predicted octanol–water partition coefficient (Wildman–Crippen LogP) is 1.59. The van der Waals surface area contributed by atoms with Gasteiger partial charge in [-0.1, -0.05) is 11.8 Å². The van der Waals surface area contributed by atoms with Crippen molar-refractivity contribution in [2.24, 2.45) is 0 Å². The van der Waals surface area contributed by atoms with E-state index in [9.17, 15) is 4.79 Å². The molecular formula is C11H17N3OS. The summed E-state index contributed by atoms with van der Waals surface area (Å²) in [7, 11) is 0. The van der Waals surface area contributed by atoms with E-state index in [4.69, 9.17) is 0 Å². The highest BCUT2D eigenvalue weighted by atomic mass is 32.2. The van der Waals surface area contributed by atoms with Gasteiger partial charge in [-0.05, 0) is 20.3 Å². The lowest BCUT2D eigenvalue weighted by molar-refractivity contribution is 0.560. The van der Waals surface area contributed by atoms with Crippen molar-refractivity contribution in [3.8, 4) is 0 Å². The quantitative estimate of drug-likeness (QED) is 0.751.